The molecule has 0 aromatic carbocycles. The predicted molar refractivity (Wildman–Crippen MR) is 57.2 cm³/mol. The van der Waals surface area contributed by atoms with Crippen LogP contribution in [0, 0.1) is 0 Å². The molecule has 1 saturated heterocycles. The summed E-state index contributed by atoms with van der Waals surface area (Å²) in [6, 6.07) is 0.233. The Hall–Kier alpha value is -0.580. The van der Waals surface area contributed by atoms with Crippen LogP contribution in [0.4, 0.5) is 0 Å². The third-order valence-electron chi connectivity index (χ3n) is 3.50. The van der Waals surface area contributed by atoms with Crippen molar-refractivity contribution < 1.29 is 13.2 Å². The van der Waals surface area contributed by atoms with Crippen LogP contribution in [-0.4, -0.2) is 43.3 Å². The van der Waals surface area contributed by atoms with E-state index in [9.17, 15) is 13.2 Å². The summed E-state index contributed by atoms with van der Waals surface area (Å²) < 4.78 is 22.7. The molecule has 1 atom stereocenters. The van der Waals surface area contributed by atoms with Crippen molar-refractivity contribution >= 4 is 16.2 Å². The lowest BCUT2D eigenvalue weighted by Gasteiger charge is -2.29. The number of carbonyl (C=O) groups is 1. The van der Waals surface area contributed by atoms with Gasteiger partial charge in [0.2, 0.25) is 6.41 Å². The first-order valence-corrected chi connectivity index (χ1v) is 7.38. The van der Waals surface area contributed by atoms with Crippen molar-refractivity contribution in [2.75, 3.05) is 11.5 Å². The second-order valence-electron chi connectivity index (χ2n) is 4.55. The highest BCUT2D eigenvalue weighted by molar-refractivity contribution is 7.91. The number of nitrogens with zero attached hydrogens (tertiary/aromatic N) is 1. The van der Waals surface area contributed by atoms with Gasteiger partial charge in [-0.2, -0.15) is 0 Å². The molecule has 0 unspecified atom stereocenters. The molecule has 0 radical (unpaired) electrons. The van der Waals surface area contributed by atoms with E-state index in [2.05, 4.69) is 0 Å². The predicted octanol–water partition coefficient (Wildman–Crippen LogP) is 0.574. The molecule has 1 amide bonds. The molecular formula is C10H17NO3S. The summed E-state index contributed by atoms with van der Waals surface area (Å²) in [6.45, 7) is 0. The standard InChI is InChI=1S/C10H17NO3S/c12-8-11(9-3-1-2-4-9)10-5-6-15(13,14)7-10/h8-10H,1-7H2/t10-/m0/s1. The Balaban J connectivity index is 2.04. The van der Waals surface area contributed by atoms with Gasteiger partial charge in [0.05, 0.1) is 11.5 Å². The van der Waals surface area contributed by atoms with Gasteiger partial charge < -0.3 is 4.90 Å². The van der Waals surface area contributed by atoms with Gasteiger partial charge in [-0.15, -0.1) is 0 Å². The maximum Gasteiger partial charge on any atom is 0.210 e. The average Bonchev–Trinajstić information content (AvgIpc) is 2.77. The van der Waals surface area contributed by atoms with E-state index in [0.717, 1.165) is 32.1 Å². The Morgan fingerprint density at radius 1 is 1.07 bits per heavy atom. The second-order valence-corrected chi connectivity index (χ2v) is 6.78. The highest BCUT2D eigenvalue weighted by Crippen LogP contribution is 2.27. The number of rotatable bonds is 3. The minimum absolute atomic E-state index is 0.0596. The smallest absolute Gasteiger partial charge is 0.210 e. The lowest BCUT2D eigenvalue weighted by atomic mass is 10.1. The average molecular weight is 231 g/mol. The van der Waals surface area contributed by atoms with Crippen LogP contribution in [0.2, 0.25) is 0 Å². The Morgan fingerprint density at radius 2 is 1.73 bits per heavy atom. The third-order valence-corrected chi connectivity index (χ3v) is 5.25. The van der Waals surface area contributed by atoms with Crippen LogP contribution < -0.4 is 0 Å². The van der Waals surface area contributed by atoms with E-state index in [-0.39, 0.29) is 17.5 Å². The second kappa shape index (κ2) is 4.12. The van der Waals surface area contributed by atoms with Gasteiger partial charge in [-0.3, -0.25) is 4.79 Å². The van der Waals surface area contributed by atoms with Crippen molar-refractivity contribution in [3.63, 3.8) is 0 Å². The molecular weight excluding hydrogens is 214 g/mol. The molecule has 86 valence electrons. The SMILES string of the molecule is O=CN(C1CCCC1)[C@H]1CCS(=O)(=O)C1. The van der Waals surface area contributed by atoms with Gasteiger partial charge in [0, 0.05) is 12.1 Å². The van der Waals surface area contributed by atoms with Crippen molar-refractivity contribution in [1.29, 1.82) is 0 Å². The topological polar surface area (TPSA) is 54.5 Å². The fourth-order valence-corrected chi connectivity index (χ4v) is 4.41. The van der Waals surface area contributed by atoms with Crippen molar-refractivity contribution in [1.82, 2.24) is 4.90 Å². The first kappa shape index (κ1) is 10.9. The number of sulfone groups is 1. The Kier molecular flexibility index (Phi) is 3.00. The molecule has 1 saturated carbocycles. The molecule has 4 nitrogen and oxygen atoms in total. The highest BCUT2D eigenvalue weighted by Gasteiger charge is 2.35. The molecule has 0 aromatic heterocycles. The normalized spacial score (nSPS) is 30.5. The molecule has 0 spiro atoms. The van der Waals surface area contributed by atoms with Crippen LogP contribution >= 0.6 is 0 Å². The lowest BCUT2D eigenvalue weighted by molar-refractivity contribution is -0.122. The summed E-state index contributed by atoms with van der Waals surface area (Å²) in [6.07, 6.45) is 5.87. The van der Waals surface area contributed by atoms with Gasteiger partial charge in [0.15, 0.2) is 9.84 Å². The molecule has 0 aromatic rings. The van der Waals surface area contributed by atoms with Gasteiger partial charge in [-0.1, -0.05) is 12.8 Å². The van der Waals surface area contributed by atoms with Gasteiger partial charge in [-0.25, -0.2) is 8.42 Å². The van der Waals surface area contributed by atoms with Gasteiger partial charge >= 0.3 is 0 Å². The third kappa shape index (κ3) is 2.33. The first-order valence-electron chi connectivity index (χ1n) is 5.55. The summed E-state index contributed by atoms with van der Waals surface area (Å²) in [5.74, 6) is 0.414. The molecule has 1 aliphatic heterocycles. The molecule has 15 heavy (non-hydrogen) atoms. The van der Waals surface area contributed by atoms with Gasteiger partial charge in [-0.05, 0) is 19.3 Å². The number of hydrogen-bond acceptors (Lipinski definition) is 3. The van der Waals surface area contributed by atoms with Crippen molar-refractivity contribution in [3.8, 4) is 0 Å². The summed E-state index contributed by atoms with van der Waals surface area (Å²) in [5.41, 5.74) is 0. The Labute approximate surface area is 90.6 Å². The van der Waals surface area contributed by atoms with Gasteiger partial charge in [0.1, 0.15) is 0 Å². The Morgan fingerprint density at radius 3 is 2.20 bits per heavy atom. The van der Waals surface area contributed by atoms with Crippen molar-refractivity contribution in [2.24, 2.45) is 0 Å². The maximum atomic E-state index is 11.3. The summed E-state index contributed by atoms with van der Waals surface area (Å²) >= 11 is 0. The molecule has 2 rings (SSSR count). The fourth-order valence-electron chi connectivity index (χ4n) is 2.68. The van der Waals surface area contributed by atoms with Gasteiger partial charge in [0.25, 0.3) is 0 Å². The molecule has 5 heteroatoms. The van der Waals surface area contributed by atoms with E-state index in [1.54, 1.807) is 4.90 Å². The zero-order chi connectivity index (χ0) is 10.9. The van der Waals surface area contributed by atoms with Crippen LogP contribution in [0.3, 0.4) is 0 Å². The molecule has 0 bridgehead atoms. The van der Waals surface area contributed by atoms with E-state index in [0.29, 0.717) is 12.5 Å². The van der Waals surface area contributed by atoms with Crippen LogP contribution in [0.1, 0.15) is 32.1 Å². The lowest BCUT2D eigenvalue weighted by Crippen LogP contribution is -2.41. The van der Waals surface area contributed by atoms with Crippen LogP contribution in [0.25, 0.3) is 0 Å². The zero-order valence-corrected chi connectivity index (χ0v) is 9.58. The quantitative estimate of drug-likeness (QED) is 0.667. The molecule has 2 aliphatic rings. The zero-order valence-electron chi connectivity index (χ0n) is 8.76. The van der Waals surface area contributed by atoms with Crippen LogP contribution in [0.5, 0.6) is 0 Å². The molecule has 2 fully saturated rings. The number of hydrogen-bond donors (Lipinski definition) is 0. The van der Waals surface area contributed by atoms with Crippen LogP contribution in [-0.2, 0) is 14.6 Å². The molecule has 1 heterocycles. The maximum absolute atomic E-state index is 11.3. The number of amides is 1. The number of carbonyl (C=O) groups excluding carboxylic acids is 1. The Bertz CT molecular complexity index is 333. The monoisotopic (exact) mass is 231 g/mol. The van der Waals surface area contributed by atoms with E-state index in [4.69, 9.17) is 0 Å². The summed E-state index contributed by atoms with van der Waals surface area (Å²) in [4.78, 5) is 12.8. The van der Waals surface area contributed by atoms with Crippen molar-refractivity contribution in [2.45, 2.75) is 44.2 Å². The highest BCUT2D eigenvalue weighted by atomic mass is 32.2. The van der Waals surface area contributed by atoms with E-state index in [1.165, 1.54) is 0 Å². The van der Waals surface area contributed by atoms with Crippen LogP contribution in [0.15, 0.2) is 0 Å². The minimum atomic E-state index is -2.88. The van der Waals surface area contributed by atoms with E-state index >= 15 is 0 Å². The fraction of sp³-hybridized carbons (Fsp3) is 0.900. The largest absolute Gasteiger partial charge is 0.338 e. The minimum Gasteiger partial charge on any atom is -0.338 e. The molecule has 0 N–H and O–H groups in total. The molecule has 1 aliphatic carbocycles. The summed E-state index contributed by atoms with van der Waals surface area (Å²) in [5, 5.41) is 0. The van der Waals surface area contributed by atoms with Crippen molar-refractivity contribution in [3.05, 3.63) is 0 Å². The first-order chi connectivity index (χ1) is 7.12. The van der Waals surface area contributed by atoms with E-state index < -0.39 is 9.84 Å². The summed E-state index contributed by atoms with van der Waals surface area (Å²) in [7, 11) is -2.88. The van der Waals surface area contributed by atoms with E-state index in [1.807, 2.05) is 0 Å².